The predicted octanol–water partition coefficient (Wildman–Crippen LogP) is 1.61. The minimum atomic E-state index is -0.118. The van der Waals surface area contributed by atoms with Crippen molar-refractivity contribution < 1.29 is 0 Å². The van der Waals surface area contributed by atoms with Crippen molar-refractivity contribution >= 4 is 12.2 Å². The summed E-state index contributed by atoms with van der Waals surface area (Å²) in [6, 6.07) is 3.88. The molecule has 16 heavy (non-hydrogen) atoms. The molecule has 0 amide bonds. The fourth-order valence-electron chi connectivity index (χ4n) is 1.45. The molecular formula is C11H11N3OS. The van der Waals surface area contributed by atoms with Crippen molar-refractivity contribution in [2.45, 2.75) is 12.8 Å². The van der Waals surface area contributed by atoms with Crippen molar-refractivity contribution in [3.8, 4) is 0 Å². The average Bonchev–Trinajstić information content (AvgIpc) is 2.29. The van der Waals surface area contributed by atoms with Gasteiger partial charge in [0.15, 0.2) is 4.77 Å². The number of rotatable bonds is 3. The normalized spacial score (nSPS) is 10.2. The third-order valence-corrected chi connectivity index (χ3v) is 2.52. The van der Waals surface area contributed by atoms with E-state index < -0.39 is 0 Å². The van der Waals surface area contributed by atoms with Crippen LogP contribution in [0.25, 0.3) is 0 Å². The van der Waals surface area contributed by atoms with E-state index >= 15 is 0 Å². The molecule has 0 fully saturated rings. The molecule has 4 nitrogen and oxygen atoms in total. The fourth-order valence-corrected chi connectivity index (χ4v) is 1.60. The lowest BCUT2D eigenvalue weighted by Gasteiger charge is -2.00. The summed E-state index contributed by atoms with van der Waals surface area (Å²) in [7, 11) is 0. The van der Waals surface area contributed by atoms with Crippen LogP contribution in [0.1, 0.15) is 11.1 Å². The van der Waals surface area contributed by atoms with Crippen LogP contribution in [0, 0.1) is 4.77 Å². The van der Waals surface area contributed by atoms with E-state index in [4.69, 9.17) is 12.2 Å². The Morgan fingerprint density at radius 1 is 1.38 bits per heavy atom. The Bertz CT molecular complexity index is 574. The van der Waals surface area contributed by atoms with Gasteiger partial charge in [-0.25, -0.2) is 0 Å². The molecule has 0 spiro atoms. The summed E-state index contributed by atoms with van der Waals surface area (Å²) in [5.41, 5.74) is 1.70. The van der Waals surface area contributed by atoms with Gasteiger partial charge in [0, 0.05) is 24.2 Å². The maximum atomic E-state index is 11.5. The number of pyridine rings is 1. The van der Waals surface area contributed by atoms with E-state index in [9.17, 15) is 4.79 Å². The number of aromatic nitrogens is 3. The fraction of sp³-hybridized carbons (Fsp3) is 0.182. The lowest BCUT2D eigenvalue weighted by Crippen LogP contribution is -2.14. The van der Waals surface area contributed by atoms with E-state index in [2.05, 4.69) is 15.0 Å². The molecule has 0 unspecified atom stereocenters. The number of nitrogens with zero attached hydrogens (tertiary/aromatic N) is 1. The molecule has 0 saturated heterocycles. The van der Waals surface area contributed by atoms with Gasteiger partial charge < -0.3 is 4.98 Å². The van der Waals surface area contributed by atoms with E-state index in [0.717, 1.165) is 12.0 Å². The second kappa shape index (κ2) is 4.85. The molecule has 2 rings (SSSR count). The molecule has 2 heterocycles. The van der Waals surface area contributed by atoms with Crippen LogP contribution in [0.15, 0.2) is 35.5 Å². The zero-order valence-corrected chi connectivity index (χ0v) is 9.38. The molecule has 82 valence electrons. The quantitative estimate of drug-likeness (QED) is 0.792. The largest absolute Gasteiger partial charge is 0.338 e. The zero-order chi connectivity index (χ0) is 11.4. The van der Waals surface area contributed by atoms with Gasteiger partial charge >= 0.3 is 0 Å². The van der Waals surface area contributed by atoms with Crippen LogP contribution in [-0.4, -0.2) is 15.0 Å². The molecule has 0 atom stereocenters. The highest BCUT2D eigenvalue weighted by Gasteiger charge is 2.00. The Morgan fingerprint density at radius 2 is 2.25 bits per heavy atom. The van der Waals surface area contributed by atoms with Gasteiger partial charge in [-0.15, -0.1) is 0 Å². The molecule has 2 aromatic heterocycles. The number of aryl methyl sites for hydroxylation is 2. The van der Waals surface area contributed by atoms with Crippen LogP contribution in [0.4, 0.5) is 0 Å². The Labute approximate surface area is 97.4 Å². The minimum absolute atomic E-state index is 0.118. The summed E-state index contributed by atoms with van der Waals surface area (Å²) >= 11 is 4.82. The second-order valence-corrected chi connectivity index (χ2v) is 3.87. The van der Waals surface area contributed by atoms with E-state index in [-0.39, 0.29) is 5.56 Å². The van der Waals surface area contributed by atoms with Crippen LogP contribution in [0.3, 0.4) is 0 Å². The number of H-pyrrole nitrogens is 2. The van der Waals surface area contributed by atoms with E-state index in [1.165, 1.54) is 0 Å². The molecule has 2 N–H and O–H groups in total. The summed E-state index contributed by atoms with van der Waals surface area (Å²) in [5, 5.41) is 0. The van der Waals surface area contributed by atoms with Crippen molar-refractivity contribution in [1.29, 1.82) is 0 Å². The Balaban J connectivity index is 2.11. The number of nitrogens with one attached hydrogen (secondary N) is 2. The molecular weight excluding hydrogens is 222 g/mol. The summed E-state index contributed by atoms with van der Waals surface area (Å²) < 4.78 is 0.357. The molecule has 0 radical (unpaired) electrons. The van der Waals surface area contributed by atoms with Crippen molar-refractivity contribution in [2.24, 2.45) is 0 Å². The molecule has 0 aliphatic heterocycles. The van der Waals surface area contributed by atoms with Gasteiger partial charge in [-0.1, -0.05) is 6.07 Å². The van der Waals surface area contributed by atoms with Gasteiger partial charge in [-0.2, -0.15) is 0 Å². The molecule has 0 aromatic carbocycles. The first-order valence-electron chi connectivity index (χ1n) is 4.95. The second-order valence-electron chi connectivity index (χ2n) is 3.46. The predicted molar refractivity (Wildman–Crippen MR) is 63.9 cm³/mol. The molecule has 0 aliphatic carbocycles. The highest BCUT2D eigenvalue weighted by molar-refractivity contribution is 7.71. The maximum Gasteiger partial charge on any atom is 0.254 e. The standard InChI is InChI=1S/C11H11N3OS/c15-10-9(7-13-11(16)14-10)4-3-8-2-1-5-12-6-8/h1-2,5-7H,3-4H2,(H2,13,14,15,16). The lowest BCUT2D eigenvalue weighted by molar-refractivity contribution is 0.902. The van der Waals surface area contributed by atoms with Gasteiger partial charge in [0.2, 0.25) is 0 Å². The van der Waals surface area contributed by atoms with Crippen molar-refractivity contribution in [2.75, 3.05) is 0 Å². The Morgan fingerprint density at radius 3 is 2.94 bits per heavy atom. The molecule has 5 heteroatoms. The first kappa shape index (κ1) is 10.8. The lowest BCUT2D eigenvalue weighted by atomic mass is 10.1. The van der Waals surface area contributed by atoms with Gasteiger partial charge in [0.25, 0.3) is 5.56 Å². The Hall–Kier alpha value is -1.75. The van der Waals surface area contributed by atoms with E-state index in [1.807, 2.05) is 12.1 Å². The minimum Gasteiger partial charge on any atom is -0.338 e. The van der Waals surface area contributed by atoms with Gasteiger partial charge in [0.05, 0.1) is 0 Å². The van der Waals surface area contributed by atoms with Gasteiger partial charge in [-0.05, 0) is 36.7 Å². The van der Waals surface area contributed by atoms with Crippen LogP contribution in [-0.2, 0) is 12.8 Å². The van der Waals surface area contributed by atoms with Crippen molar-refractivity contribution in [3.05, 3.63) is 57.0 Å². The SMILES string of the molecule is O=c1[nH]c(=S)[nH]cc1CCc1cccnc1. The van der Waals surface area contributed by atoms with E-state index in [0.29, 0.717) is 16.8 Å². The van der Waals surface area contributed by atoms with Crippen LogP contribution < -0.4 is 5.56 Å². The molecule has 0 aliphatic rings. The maximum absolute atomic E-state index is 11.5. The highest BCUT2D eigenvalue weighted by atomic mass is 32.1. The van der Waals surface area contributed by atoms with Crippen LogP contribution in [0.2, 0.25) is 0 Å². The monoisotopic (exact) mass is 233 g/mol. The number of aromatic amines is 2. The zero-order valence-electron chi connectivity index (χ0n) is 8.56. The van der Waals surface area contributed by atoms with Crippen molar-refractivity contribution in [3.63, 3.8) is 0 Å². The van der Waals surface area contributed by atoms with Crippen LogP contribution >= 0.6 is 12.2 Å². The molecule has 0 saturated carbocycles. The first-order valence-corrected chi connectivity index (χ1v) is 5.36. The van der Waals surface area contributed by atoms with Gasteiger partial charge in [-0.3, -0.25) is 14.8 Å². The summed E-state index contributed by atoms with van der Waals surface area (Å²) in [4.78, 5) is 20.9. The summed E-state index contributed by atoms with van der Waals surface area (Å²) in [6.07, 6.45) is 6.67. The topological polar surface area (TPSA) is 61.5 Å². The Kier molecular flexibility index (Phi) is 3.26. The number of hydrogen-bond donors (Lipinski definition) is 2. The highest BCUT2D eigenvalue weighted by Crippen LogP contribution is 2.01. The van der Waals surface area contributed by atoms with Crippen LogP contribution in [0.5, 0.6) is 0 Å². The number of hydrogen-bond acceptors (Lipinski definition) is 3. The van der Waals surface area contributed by atoms with E-state index in [1.54, 1.807) is 18.6 Å². The molecule has 0 bridgehead atoms. The molecule has 2 aromatic rings. The third-order valence-electron chi connectivity index (χ3n) is 2.30. The smallest absolute Gasteiger partial charge is 0.254 e. The first-order chi connectivity index (χ1) is 7.75. The summed E-state index contributed by atoms with van der Waals surface area (Å²) in [5.74, 6) is 0. The third kappa shape index (κ3) is 2.64. The summed E-state index contributed by atoms with van der Waals surface area (Å²) in [6.45, 7) is 0. The average molecular weight is 233 g/mol. The van der Waals surface area contributed by atoms with Gasteiger partial charge in [0.1, 0.15) is 0 Å². The van der Waals surface area contributed by atoms with Crippen molar-refractivity contribution in [1.82, 2.24) is 15.0 Å².